The predicted molar refractivity (Wildman–Crippen MR) is 125 cm³/mol. The van der Waals surface area contributed by atoms with Crippen LogP contribution in [0.25, 0.3) is 0 Å². The van der Waals surface area contributed by atoms with Crippen molar-refractivity contribution in [1.82, 2.24) is 4.90 Å². The molecule has 2 atom stereocenters. The van der Waals surface area contributed by atoms with E-state index in [2.05, 4.69) is 46.4 Å². The first-order valence-corrected chi connectivity index (χ1v) is 12.0. The van der Waals surface area contributed by atoms with E-state index < -0.39 is 0 Å². The van der Waals surface area contributed by atoms with Crippen molar-refractivity contribution >= 4 is 28.3 Å². The zero-order chi connectivity index (χ0) is 22.1. The number of nitro groups is 1. The Balaban J connectivity index is 1.95. The Morgan fingerprint density at radius 1 is 1.23 bits per heavy atom. The van der Waals surface area contributed by atoms with E-state index in [0.29, 0.717) is 6.04 Å². The number of thioether (sulfide) groups is 1. The largest absolute Gasteiger partial charge is 0.371 e. The normalized spacial score (nSPS) is 23.0. The second kappa shape index (κ2) is 9.27. The molecule has 1 saturated carbocycles. The summed E-state index contributed by atoms with van der Waals surface area (Å²) in [6.45, 7) is 12.6. The molecule has 0 aromatic heterocycles. The number of hydrogen-bond acceptors (Lipinski definition) is 5. The maximum Gasteiger partial charge on any atom is 0.269 e. The minimum atomic E-state index is -0.334. The highest BCUT2D eigenvalue weighted by molar-refractivity contribution is 8.14. The van der Waals surface area contributed by atoms with Gasteiger partial charge in [-0.15, -0.1) is 0 Å². The number of non-ortho nitro benzene ring substituents is 1. The fourth-order valence-electron chi connectivity index (χ4n) is 4.48. The van der Waals surface area contributed by atoms with Gasteiger partial charge < -0.3 is 9.64 Å². The summed E-state index contributed by atoms with van der Waals surface area (Å²) in [6.07, 6.45) is 5.00. The van der Waals surface area contributed by atoms with Gasteiger partial charge in [0.05, 0.1) is 28.4 Å². The molecule has 1 heterocycles. The number of nitrogens with zero attached hydrogens (tertiary/aromatic N) is 3. The second-order valence-electron chi connectivity index (χ2n) is 9.71. The van der Waals surface area contributed by atoms with Crippen LogP contribution in [0.1, 0.15) is 78.7 Å². The lowest BCUT2D eigenvalue weighted by Crippen LogP contribution is -2.48. The van der Waals surface area contributed by atoms with E-state index in [1.54, 1.807) is 30.0 Å². The van der Waals surface area contributed by atoms with Crippen LogP contribution in [0.5, 0.6) is 0 Å². The highest BCUT2D eigenvalue weighted by Crippen LogP contribution is 2.39. The summed E-state index contributed by atoms with van der Waals surface area (Å²) in [4.78, 5) is 18.5. The van der Waals surface area contributed by atoms with E-state index in [0.717, 1.165) is 22.2 Å². The molecular formula is C23H35N3O3S. The van der Waals surface area contributed by atoms with Gasteiger partial charge in [0, 0.05) is 23.9 Å². The summed E-state index contributed by atoms with van der Waals surface area (Å²) in [6, 6.07) is 5.82. The highest BCUT2D eigenvalue weighted by Gasteiger charge is 2.41. The summed E-state index contributed by atoms with van der Waals surface area (Å²) < 4.78 is 6.33. The third-order valence-electron chi connectivity index (χ3n) is 5.82. The van der Waals surface area contributed by atoms with Crippen molar-refractivity contribution in [3.8, 4) is 0 Å². The monoisotopic (exact) mass is 433 g/mol. The number of rotatable bonds is 6. The predicted octanol–water partition coefficient (Wildman–Crippen LogP) is 6.27. The summed E-state index contributed by atoms with van der Waals surface area (Å²) >= 11 is 1.79. The molecule has 6 nitrogen and oxygen atoms in total. The minimum absolute atomic E-state index is 0.104. The standard InChI is InChI=1S/C23H35N3O3S/c1-15(2)19-13-18(26(27)28)11-12-20(19)24-22-25(17-9-7-8-10-17)21(14-30-22)16(3)29-23(4,5)6/h11-13,15-17,21H,7-10,14H2,1-6H3/t16-,21+/m1/s1. The summed E-state index contributed by atoms with van der Waals surface area (Å²) in [5, 5.41) is 12.3. The minimum Gasteiger partial charge on any atom is -0.371 e. The van der Waals surface area contributed by atoms with Crippen LogP contribution in [0, 0.1) is 10.1 Å². The Morgan fingerprint density at radius 3 is 2.47 bits per heavy atom. The molecule has 2 fully saturated rings. The molecule has 0 spiro atoms. The lowest BCUT2D eigenvalue weighted by molar-refractivity contribution is -0.384. The molecule has 1 aromatic carbocycles. The number of benzene rings is 1. The summed E-state index contributed by atoms with van der Waals surface area (Å²) in [7, 11) is 0. The Labute approximate surface area is 184 Å². The molecule has 1 aliphatic carbocycles. The number of nitro benzene ring substituents is 1. The van der Waals surface area contributed by atoms with Crippen LogP contribution in [-0.2, 0) is 4.74 Å². The van der Waals surface area contributed by atoms with Gasteiger partial charge >= 0.3 is 0 Å². The van der Waals surface area contributed by atoms with Crippen molar-refractivity contribution in [3.63, 3.8) is 0 Å². The van der Waals surface area contributed by atoms with E-state index in [9.17, 15) is 10.1 Å². The molecule has 1 saturated heterocycles. The molecule has 3 rings (SSSR count). The lowest BCUT2D eigenvalue weighted by atomic mass is 10.0. The average molecular weight is 434 g/mol. The van der Waals surface area contributed by atoms with Crippen molar-refractivity contribution in [1.29, 1.82) is 0 Å². The zero-order valence-corrected chi connectivity index (χ0v) is 19.9. The summed E-state index contributed by atoms with van der Waals surface area (Å²) in [5.41, 5.74) is 1.70. The molecule has 1 aromatic rings. The van der Waals surface area contributed by atoms with E-state index in [4.69, 9.17) is 9.73 Å². The van der Waals surface area contributed by atoms with Gasteiger partial charge in [-0.25, -0.2) is 4.99 Å². The van der Waals surface area contributed by atoms with Gasteiger partial charge in [0.1, 0.15) is 0 Å². The third-order valence-corrected chi connectivity index (χ3v) is 6.89. The molecule has 166 valence electrons. The highest BCUT2D eigenvalue weighted by atomic mass is 32.2. The number of ether oxygens (including phenoxy) is 1. The van der Waals surface area contributed by atoms with Crippen LogP contribution in [0.3, 0.4) is 0 Å². The number of aliphatic imine (C=N–C) groups is 1. The first-order valence-electron chi connectivity index (χ1n) is 11.0. The van der Waals surface area contributed by atoms with Crippen LogP contribution >= 0.6 is 11.8 Å². The van der Waals surface area contributed by atoms with Gasteiger partial charge in [-0.3, -0.25) is 10.1 Å². The van der Waals surface area contributed by atoms with Crippen LogP contribution in [0.2, 0.25) is 0 Å². The molecule has 0 unspecified atom stereocenters. The van der Waals surface area contributed by atoms with Crippen LogP contribution < -0.4 is 0 Å². The second-order valence-corrected chi connectivity index (χ2v) is 10.7. The third kappa shape index (κ3) is 5.35. The van der Waals surface area contributed by atoms with Gasteiger partial charge in [0.2, 0.25) is 0 Å². The van der Waals surface area contributed by atoms with Gasteiger partial charge in [0.15, 0.2) is 5.17 Å². The molecular weight excluding hydrogens is 398 g/mol. The van der Waals surface area contributed by atoms with Crippen molar-refractivity contribution in [3.05, 3.63) is 33.9 Å². The van der Waals surface area contributed by atoms with Crippen molar-refractivity contribution in [2.45, 2.75) is 96.9 Å². The van der Waals surface area contributed by atoms with Crippen LogP contribution in [-0.4, -0.2) is 44.5 Å². The quantitative estimate of drug-likeness (QED) is 0.391. The summed E-state index contributed by atoms with van der Waals surface area (Å²) in [5.74, 6) is 1.12. The SMILES string of the molecule is CC(C)c1cc([N+](=O)[O-])ccc1N=C1SC[C@@H]([C@@H](C)OC(C)(C)C)N1C1CCCC1. The Morgan fingerprint density at radius 2 is 1.90 bits per heavy atom. The van der Waals surface area contributed by atoms with E-state index in [1.165, 1.54) is 25.7 Å². The smallest absolute Gasteiger partial charge is 0.269 e. The van der Waals surface area contributed by atoms with Crippen molar-refractivity contribution in [2.24, 2.45) is 4.99 Å². The fourth-order valence-corrected chi connectivity index (χ4v) is 5.82. The van der Waals surface area contributed by atoms with E-state index in [-0.39, 0.29) is 34.3 Å². The van der Waals surface area contributed by atoms with Crippen LogP contribution in [0.4, 0.5) is 11.4 Å². The first-order chi connectivity index (χ1) is 14.1. The molecule has 7 heteroatoms. The van der Waals surface area contributed by atoms with Gasteiger partial charge in [0.25, 0.3) is 5.69 Å². The van der Waals surface area contributed by atoms with E-state index in [1.807, 2.05) is 0 Å². The molecule has 0 N–H and O–H groups in total. The molecule has 30 heavy (non-hydrogen) atoms. The van der Waals surface area contributed by atoms with Gasteiger partial charge in [-0.2, -0.15) is 0 Å². The Hall–Kier alpha value is -1.60. The molecule has 2 aliphatic rings. The molecule has 0 radical (unpaired) electrons. The molecule has 0 bridgehead atoms. The van der Waals surface area contributed by atoms with Gasteiger partial charge in [-0.1, -0.05) is 38.5 Å². The molecule has 1 aliphatic heterocycles. The zero-order valence-electron chi connectivity index (χ0n) is 19.1. The van der Waals surface area contributed by atoms with Crippen molar-refractivity contribution < 1.29 is 9.66 Å². The van der Waals surface area contributed by atoms with Gasteiger partial charge in [-0.05, 0) is 58.1 Å². The maximum absolute atomic E-state index is 11.2. The fraction of sp³-hybridized carbons (Fsp3) is 0.696. The maximum atomic E-state index is 11.2. The van der Waals surface area contributed by atoms with Crippen LogP contribution in [0.15, 0.2) is 23.2 Å². The topological polar surface area (TPSA) is 68.0 Å². The number of amidine groups is 1. The number of hydrogen-bond donors (Lipinski definition) is 0. The lowest BCUT2D eigenvalue weighted by Gasteiger charge is -2.37. The van der Waals surface area contributed by atoms with Crippen molar-refractivity contribution in [2.75, 3.05) is 5.75 Å². The molecule has 0 amide bonds. The Bertz CT molecular complexity index is 797. The first kappa shape index (κ1) is 23.1. The average Bonchev–Trinajstić information content (AvgIpc) is 3.29. The van der Waals surface area contributed by atoms with E-state index >= 15 is 0 Å². The Kier molecular flexibility index (Phi) is 7.13.